The molecule has 1 aromatic heterocycles. The van der Waals surface area contributed by atoms with Gasteiger partial charge in [-0.25, -0.2) is 0 Å². The zero-order valence-electron chi connectivity index (χ0n) is 11.1. The molecule has 0 aliphatic heterocycles. The second kappa shape index (κ2) is 6.62. The van der Waals surface area contributed by atoms with Crippen LogP contribution >= 0.6 is 11.6 Å². The Morgan fingerprint density at radius 2 is 2.21 bits per heavy atom. The largest absolute Gasteiger partial charge is 0.361 e. The Bertz CT molecular complexity index is 562. The van der Waals surface area contributed by atoms with E-state index in [9.17, 15) is 4.79 Å². The maximum atomic E-state index is 11.8. The van der Waals surface area contributed by atoms with Crippen LogP contribution in [0.25, 0.3) is 10.9 Å². The topological polar surface area (TPSA) is 44.9 Å². The van der Waals surface area contributed by atoms with Gasteiger partial charge in [0.15, 0.2) is 0 Å². The van der Waals surface area contributed by atoms with Gasteiger partial charge in [-0.2, -0.15) is 0 Å². The molecular weight excluding hydrogens is 260 g/mol. The van der Waals surface area contributed by atoms with Crippen LogP contribution in [0.1, 0.15) is 31.7 Å². The van der Waals surface area contributed by atoms with Crippen LogP contribution in [-0.4, -0.2) is 17.4 Å². The first kappa shape index (κ1) is 13.9. The molecular formula is C15H19ClN2O. The van der Waals surface area contributed by atoms with Crippen molar-refractivity contribution in [1.29, 1.82) is 0 Å². The van der Waals surface area contributed by atoms with Crippen molar-refractivity contribution in [2.75, 3.05) is 6.54 Å². The summed E-state index contributed by atoms with van der Waals surface area (Å²) < 4.78 is 0. The van der Waals surface area contributed by atoms with Crippen LogP contribution in [0.15, 0.2) is 24.4 Å². The van der Waals surface area contributed by atoms with Crippen LogP contribution < -0.4 is 5.32 Å². The van der Waals surface area contributed by atoms with Crippen molar-refractivity contribution in [2.45, 2.75) is 32.6 Å². The number of H-pyrrole nitrogens is 1. The molecule has 2 rings (SSSR count). The van der Waals surface area contributed by atoms with E-state index in [1.165, 1.54) is 0 Å². The van der Waals surface area contributed by atoms with Gasteiger partial charge in [-0.1, -0.05) is 31.4 Å². The van der Waals surface area contributed by atoms with Gasteiger partial charge >= 0.3 is 0 Å². The number of rotatable bonds is 6. The van der Waals surface area contributed by atoms with Gasteiger partial charge in [0.25, 0.3) is 0 Å². The highest BCUT2D eigenvalue weighted by molar-refractivity contribution is 6.31. The van der Waals surface area contributed by atoms with Crippen molar-refractivity contribution in [3.63, 3.8) is 0 Å². The fourth-order valence-electron chi connectivity index (χ4n) is 2.14. The van der Waals surface area contributed by atoms with Crippen molar-refractivity contribution < 1.29 is 4.79 Å². The zero-order valence-corrected chi connectivity index (χ0v) is 11.9. The average Bonchev–Trinajstić information content (AvgIpc) is 2.77. The molecule has 0 saturated heterocycles. The number of carbonyl (C=O) groups excluding carboxylic acids is 1. The summed E-state index contributed by atoms with van der Waals surface area (Å²) in [5, 5.41) is 4.66. The number of benzene rings is 1. The van der Waals surface area contributed by atoms with Gasteiger partial charge in [0.05, 0.1) is 6.42 Å². The Balaban J connectivity index is 1.97. The molecule has 1 aromatic carbocycles. The highest BCUT2D eigenvalue weighted by Gasteiger charge is 2.08. The maximum absolute atomic E-state index is 11.8. The van der Waals surface area contributed by atoms with Gasteiger partial charge in [-0.15, -0.1) is 0 Å². The van der Waals surface area contributed by atoms with E-state index in [4.69, 9.17) is 11.6 Å². The second-order valence-corrected chi connectivity index (χ2v) is 5.17. The maximum Gasteiger partial charge on any atom is 0.224 e. The van der Waals surface area contributed by atoms with Crippen LogP contribution in [-0.2, 0) is 11.2 Å². The monoisotopic (exact) mass is 278 g/mol. The molecule has 0 aliphatic rings. The third-order valence-corrected chi connectivity index (χ3v) is 3.42. The summed E-state index contributed by atoms with van der Waals surface area (Å²) >= 11 is 5.99. The average molecular weight is 279 g/mol. The minimum Gasteiger partial charge on any atom is -0.361 e. The molecule has 4 heteroatoms. The first-order valence-electron chi connectivity index (χ1n) is 6.73. The quantitative estimate of drug-likeness (QED) is 0.778. The molecule has 2 N–H and O–H groups in total. The van der Waals surface area contributed by atoms with E-state index in [2.05, 4.69) is 17.2 Å². The Morgan fingerprint density at radius 1 is 1.37 bits per heavy atom. The Hall–Kier alpha value is -1.48. The summed E-state index contributed by atoms with van der Waals surface area (Å²) in [7, 11) is 0. The molecule has 2 aromatic rings. The molecule has 0 fully saturated rings. The van der Waals surface area contributed by atoms with E-state index < -0.39 is 0 Å². The Morgan fingerprint density at radius 3 is 3.00 bits per heavy atom. The number of nitrogens with one attached hydrogen (secondary N) is 2. The number of aromatic nitrogens is 1. The standard InChI is InChI=1S/C15H19ClN2O/c1-2-3-4-7-17-15(19)8-11-10-18-14-6-5-12(16)9-13(11)14/h5-6,9-10,18H,2-4,7-8H2,1H3,(H,17,19). The van der Waals surface area contributed by atoms with E-state index in [1.807, 2.05) is 24.4 Å². The molecule has 0 spiro atoms. The normalized spacial score (nSPS) is 10.8. The van der Waals surface area contributed by atoms with Crippen LogP contribution in [0.3, 0.4) is 0 Å². The number of carbonyl (C=O) groups is 1. The molecule has 0 atom stereocenters. The molecule has 1 heterocycles. The van der Waals surface area contributed by atoms with E-state index in [0.29, 0.717) is 11.4 Å². The van der Waals surface area contributed by atoms with E-state index in [0.717, 1.165) is 42.3 Å². The zero-order chi connectivity index (χ0) is 13.7. The van der Waals surface area contributed by atoms with Gasteiger partial charge in [-0.3, -0.25) is 4.79 Å². The number of aromatic amines is 1. The smallest absolute Gasteiger partial charge is 0.224 e. The van der Waals surface area contributed by atoms with E-state index in [-0.39, 0.29) is 5.91 Å². The first-order valence-corrected chi connectivity index (χ1v) is 7.10. The lowest BCUT2D eigenvalue weighted by Gasteiger charge is -2.04. The summed E-state index contributed by atoms with van der Waals surface area (Å²) in [5.41, 5.74) is 2.00. The summed E-state index contributed by atoms with van der Waals surface area (Å²) in [6.07, 6.45) is 5.64. The summed E-state index contributed by atoms with van der Waals surface area (Å²) in [6, 6.07) is 5.67. The van der Waals surface area contributed by atoms with Crippen LogP contribution in [0.4, 0.5) is 0 Å². The summed E-state index contributed by atoms with van der Waals surface area (Å²) in [4.78, 5) is 15.0. The molecule has 1 amide bonds. The molecule has 0 radical (unpaired) electrons. The lowest BCUT2D eigenvalue weighted by Crippen LogP contribution is -2.25. The minimum atomic E-state index is 0.0666. The lowest BCUT2D eigenvalue weighted by molar-refractivity contribution is -0.120. The van der Waals surface area contributed by atoms with Crippen LogP contribution in [0.5, 0.6) is 0 Å². The molecule has 0 saturated carbocycles. The molecule has 3 nitrogen and oxygen atoms in total. The van der Waals surface area contributed by atoms with Gasteiger partial charge in [0, 0.05) is 28.7 Å². The third-order valence-electron chi connectivity index (χ3n) is 3.18. The SMILES string of the molecule is CCCCCNC(=O)Cc1c[nH]c2ccc(Cl)cc12. The van der Waals surface area contributed by atoms with Crippen molar-refractivity contribution in [3.8, 4) is 0 Å². The van der Waals surface area contributed by atoms with Crippen molar-refractivity contribution in [3.05, 3.63) is 35.0 Å². The number of hydrogen-bond acceptors (Lipinski definition) is 1. The van der Waals surface area contributed by atoms with Gasteiger partial charge in [0.1, 0.15) is 0 Å². The van der Waals surface area contributed by atoms with E-state index in [1.54, 1.807) is 0 Å². The summed E-state index contributed by atoms with van der Waals surface area (Å²) in [6.45, 7) is 2.91. The fourth-order valence-corrected chi connectivity index (χ4v) is 2.31. The minimum absolute atomic E-state index is 0.0666. The number of amides is 1. The molecule has 0 unspecified atom stereocenters. The Labute approximate surface area is 118 Å². The number of fused-ring (bicyclic) bond motifs is 1. The van der Waals surface area contributed by atoms with Gasteiger partial charge < -0.3 is 10.3 Å². The van der Waals surface area contributed by atoms with Crippen LogP contribution in [0, 0.1) is 0 Å². The lowest BCUT2D eigenvalue weighted by atomic mass is 10.1. The predicted octanol–water partition coefficient (Wildman–Crippen LogP) is 3.67. The highest BCUT2D eigenvalue weighted by Crippen LogP contribution is 2.22. The van der Waals surface area contributed by atoms with Crippen LogP contribution in [0.2, 0.25) is 5.02 Å². The first-order chi connectivity index (χ1) is 9.20. The molecule has 0 aliphatic carbocycles. The molecule has 102 valence electrons. The van der Waals surface area contributed by atoms with E-state index >= 15 is 0 Å². The van der Waals surface area contributed by atoms with Gasteiger partial charge in [-0.05, 0) is 30.2 Å². The Kier molecular flexibility index (Phi) is 4.86. The van der Waals surface area contributed by atoms with Crippen molar-refractivity contribution >= 4 is 28.4 Å². The fraction of sp³-hybridized carbons (Fsp3) is 0.400. The third kappa shape index (κ3) is 3.74. The number of hydrogen-bond donors (Lipinski definition) is 2. The second-order valence-electron chi connectivity index (χ2n) is 4.74. The molecule has 0 bridgehead atoms. The highest BCUT2D eigenvalue weighted by atomic mass is 35.5. The summed E-state index contributed by atoms with van der Waals surface area (Å²) in [5.74, 6) is 0.0666. The van der Waals surface area contributed by atoms with Crippen molar-refractivity contribution in [1.82, 2.24) is 10.3 Å². The molecule has 19 heavy (non-hydrogen) atoms. The number of halogens is 1. The predicted molar refractivity (Wildman–Crippen MR) is 79.5 cm³/mol. The van der Waals surface area contributed by atoms with Crippen molar-refractivity contribution in [2.24, 2.45) is 0 Å². The van der Waals surface area contributed by atoms with Gasteiger partial charge in [0.2, 0.25) is 5.91 Å². The number of unbranched alkanes of at least 4 members (excludes halogenated alkanes) is 2.